The second-order valence-corrected chi connectivity index (χ2v) is 16.2. The SMILES string of the molecule is CC(C)(C)c1ccc2c(c1)C(C)(C)c1cccc(-c3ccccc3N(c3ccc(-c4ccc5ccccc5c4)cc3)c3cccc(-c4ccccc4)c3)c1-2. The van der Waals surface area contributed by atoms with Crippen LogP contribution >= 0.6 is 0 Å². The number of hydrogen-bond donors (Lipinski definition) is 0. The van der Waals surface area contributed by atoms with Crippen LogP contribution in [-0.4, -0.2) is 0 Å². The third-order valence-electron chi connectivity index (χ3n) is 11.4. The summed E-state index contributed by atoms with van der Waals surface area (Å²) in [5.74, 6) is 0. The molecule has 0 spiro atoms. The van der Waals surface area contributed by atoms with Gasteiger partial charge in [-0.3, -0.25) is 0 Å². The third kappa shape index (κ3) is 5.81. The summed E-state index contributed by atoms with van der Waals surface area (Å²) in [5, 5.41) is 2.51. The maximum Gasteiger partial charge on any atom is 0.0540 e. The van der Waals surface area contributed by atoms with E-state index in [0.29, 0.717) is 0 Å². The third-order valence-corrected chi connectivity index (χ3v) is 11.4. The van der Waals surface area contributed by atoms with Gasteiger partial charge in [-0.1, -0.05) is 180 Å². The first-order valence-corrected chi connectivity index (χ1v) is 19.1. The molecule has 0 heterocycles. The predicted molar refractivity (Wildman–Crippen MR) is 231 cm³/mol. The lowest BCUT2D eigenvalue weighted by atomic mass is 9.79. The van der Waals surface area contributed by atoms with Crippen molar-refractivity contribution in [3.8, 4) is 44.5 Å². The van der Waals surface area contributed by atoms with Crippen molar-refractivity contribution in [2.75, 3.05) is 4.90 Å². The van der Waals surface area contributed by atoms with Crippen LogP contribution in [0.5, 0.6) is 0 Å². The minimum atomic E-state index is -0.112. The predicted octanol–water partition coefficient (Wildman–Crippen LogP) is 14.9. The number of rotatable bonds is 6. The fourth-order valence-corrected chi connectivity index (χ4v) is 8.43. The van der Waals surface area contributed by atoms with Gasteiger partial charge in [-0.05, 0) is 108 Å². The van der Waals surface area contributed by atoms with Gasteiger partial charge in [0.15, 0.2) is 0 Å². The van der Waals surface area contributed by atoms with Crippen LogP contribution in [-0.2, 0) is 10.8 Å². The zero-order valence-electron chi connectivity index (χ0n) is 31.8. The van der Waals surface area contributed by atoms with Gasteiger partial charge >= 0.3 is 0 Å². The quantitative estimate of drug-likeness (QED) is 0.167. The lowest BCUT2D eigenvalue weighted by Gasteiger charge is -2.29. The fraction of sp³-hybridized carbons (Fsp3) is 0.132. The summed E-state index contributed by atoms with van der Waals surface area (Å²) < 4.78 is 0. The average Bonchev–Trinajstić information content (AvgIpc) is 3.44. The molecule has 0 aliphatic heterocycles. The molecule has 0 aromatic heterocycles. The van der Waals surface area contributed by atoms with Crippen LogP contribution in [0.3, 0.4) is 0 Å². The van der Waals surface area contributed by atoms with E-state index in [4.69, 9.17) is 0 Å². The van der Waals surface area contributed by atoms with Crippen molar-refractivity contribution in [2.24, 2.45) is 0 Å². The van der Waals surface area contributed by atoms with Gasteiger partial charge in [-0.15, -0.1) is 0 Å². The van der Waals surface area contributed by atoms with Gasteiger partial charge in [0.2, 0.25) is 0 Å². The topological polar surface area (TPSA) is 3.24 Å². The van der Waals surface area contributed by atoms with Gasteiger partial charge in [0.05, 0.1) is 5.69 Å². The molecule has 54 heavy (non-hydrogen) atoms. The van der Waals surface area contributed by atoms with E-state index in [-0.39, 0.29) is 10.8 Å². The zero-order valence-corrected chi connectivity index (χ0v) is 31.8. The number of nitrogens with zero attached hydrogens (tertiary/aromatic N) is 1. The molecule has 1 aliphatic rings. The molecule has 0 fully saturated rings. The van der Waals surface area contributed by atoms with E-state index in [9.17, 15) is 0 Å². The summed E-state index contributed by atoms with van der Waals surface area (Å²) in [6, 6.07) is 67.1. The van der Waals surface area contributed by atoms with Gasteiger partial charge in [0.25, 0.3) is 0 Å². The molecule has 0 unspecified atom stereocenters. The van der Waals surface area contributed by atoms with Gasteiger partial charge in [-0.2, -0.15) is 0 Å². The van der Waals surface area contributed by atoms with Crippen molar-refractivity contribution in [1.29, 1.82) is 0 Å². The molecule has 0 saturated carbocycles. The summed E-state index contributed by atoms with van der Waals surface area (Å²) >= 11 is 0. The van der Waals surface area contributed by atoms with E-state index < -0.39 is 0 Å². The Labute approximate surface area is 320 Å². The molecule has 8 aromatic rings. The molecule has 8 aromatic carbocycles. The smallest absolute Gasteiger partial charge is 0.0540 e. The van der Waals surface area contributed by atoms with E-state index in [2.05, 4.69) is 222 Å². The summed E-state index contributed by atoms with van der Waals surface area (Å²) in [5.41, 5.74) is 17.5. The molecule has 1 nitrogen and oxygen atoms in total. The minimum Gasteiger partial charge on any atom is -0.310 e. The van der Waals surface area contributed by atoms with Gasteiger partial charge in [-0.25, -0.2) is 0 Å². The van der Waals surface area contributed by atoms with Gasteiger partial charge in [0, 0.05) is 22.4 Å². The Hall–Kier alpha value is -6.18. The van der Waals surface area contributed by atoms with Gasteiger partial charge < -0.3 is 4.90 Å². The first kappa shape index (κ1) is 33.6. The number of hydrogen-bond acceptors (Lipinski definition) is 1. The maximum atomic E-state index is 2.46. The minimum absolute atomic E-state index is 0.0773. The van der Waals surface area contributed by atoms with Crippen LogP contribution in [0.1, 0.15) is 51.3 Å². The van der Waals surface area contributed by atoms with E-state index in [1.54, 1.807) is 0 Å². The molecule has 0 radical (unpaired) electrons. The average molecular weight is 696 g/mol. The van der Waals surface area contributed by atoms with Crippen molar-refractivity contribution in [3.05, 3.63) is 199 Å². The van der Waals surface area contributed by atoms with Gasteiger partial charge in [0.1, 0.15) is 0 Å². The molecule has 0 saturated heterocycles. The van der Waals surface area contributed by atoms with Crippen molar-refractivity contribution in [2.45, 2.75) is 45.4 Å². The molecule has 9 rings (SSSR count). The fourth-order valence-electron chi connectivity index (χ4n) is 8.43. The summed E-state index contributed by atoms with van der Waals surface area (Å²) in [6.07, 6.45) is 0. The maximum absolute atomic E-state index is 2.46. The molecule has 0 amide bonds. The van der Waals surface area contributed by atoms with Crippen molar-refractivity contribution < 1.29 is 0 Å². The highest BCUT2D eigenvalue weighted by Gasteiger charge is 2.38. The highest BCUT2D eigenvalue weighted by molar-refractivity contribution is 5.98. The molecule has 0 atom stereocenters. The summed E-state index contributed by atoms with van der Waals surface area (Å²) in [6.45, 7) is 11.7. The number of anilines is 3. The number of fused-ring (bicyclic) bond motifs is 4. The Bertz CT molecular complexity index is 2660. The molecule has 0 bridgehead atoms. The largest absolute Gasteiger partial charge is 0.310 e. The highest BCUT2D eigenvalue weighted by Crippen LogP contribution is 2.54. The Balaban J connectivity index is 1.22. The van der Waals surface area contributed by atoms with Crippen molar-refractivity contribution >= 4 is 27.8 Å². The second-order valence-electron chi connectivity index (χ2n) is 16.2. The van der Waals surface area contributed by atoms with Crippen LogP contribution < -0.4 is 4.90 Å². The van der Waals surface area contributed by atoms with Crippen LogP contribution in [0.15, 0.2) is 182 Å². The summed E-state index contributed by atoms with van der Waals surface area (Å²) in [7, 11) is 0. The highest BCUT2D eigenvalue weighted by atomic mass is 15.1. The zero-order chi connectivity index (χ0) is 37.0. The second kappa shape index (κ2) is 13.0. The molecular formula is C53H45N. The van der Waals surface area contributed by atoms with E-state index in [0.717, 1.165) is 17.1 Å². The van der Waals surface area contributed by atoms with Crippen molar-refractivity contribution in [1.82, 2.24) is 0 Å². The molecule has 262 valence electrons. The van der Waals surface area contributed by atoms with E-state index in [1.807, 2.05) is 0 Å². The normalized spacial score (nSPS) is 13.1. The summed E-state index contributed by atoms with van der Waals surface area (Å²) in [4.78, 5) is 2.44. The lowest BCUT2D eigenvalue weighted by Crippen LogP contribution is -2.17. The molecule has 1 aliphatic carbocycles. The number of para-hydroxylation sites is 1. The first-order chi connectivity index (χ1) is 26.2. The lowest BCUT2D eigenvalue weighted by molar-refractivity contribution is 0.584. The molecule has 0 N–H and O–H groups in total. The van der Waals surface area contributed by atoms with Crippen molar-refractivity contribution in [3.63, 3.8) is 0 Å². The molecule has 1 heteroatoms. The Morgan fingerprint density at radius 3 is 1.83 bits per heavy atom. The standard InChI is InChI=1S/C53H45N/c1-52(2,3)42-29-32-47-49(35-42)53(4,5)48-23-14-22-46(51(47)48)45-21-11-12-24-50(45)54(44-20-13-19-40(34-44)36-15-7-6-8-16-36)43-30-27-38(28-31-43)41-26-25-37-17-9-10-18-39(37)33-41/h6-35H,1-5H3. The Morgan fingerprint density at radius 1 is 0.407 bits per heavy atom. The van der Waals surface area contributed by atoms with E-state index in [1.165, 1.54) is 72.0 Å². The van der Waals surface area contributed by atoms with Crippen LogP contribution in [0.4, 0.5) is 17.1 Å². The van der Waals surface area contributed by atoms with Crippen LogP contribution in [0, 0.1) is 0 Å². The first-order valence-electron chi connectivity index (χ1n) is 19.1. The Morgan fingerprint density at radius 2 is 1.04 bits per heavy atom. The van der Waals surface area contributed by atoms with E-state index >= 15 is 0 Å². The van der Waals surface area contributed by atoms with Crippen LogP contribution in [0.2, 0.25) is 0 Å². The number of benzene rings is 8. The monoisotopic (exact) mass is 695 g/mol. The molecular weight excluding hydrogens is 651 g/mol. The van der Waals surface area contributed by atoms with Crippen LogP contribution in [0.25, 0.3) is 55.3 Å². The Kier molecular flexibility index (Phi) is 8.12.